The number of fused-ring (bicyclic) bond motifs is 3. The lowest BCUT2D eigenvalue weighted by Gasteiger charge is -2.34. The van der Waals surface area contributed by atoms with Gasteiger partial charge in [0.05, 0.1) is 23.2 Å². The van der Waals surface area contributed by atoms with Crippen LogP contribution in [0.2, 0.25) is 0 Å². The van der Waals surface area contributed by atoms with Gasteiger partial charge in [-0.2, -0.15) is 8.78 Å². The van der Waals surface area contributed by atoms with Crippen LogP contribution in [0.3, 0.4) is 0 Å². The first kappa shape index (κ1) is 32.3. The molecule has 1 fully saturated rings. The standard InChI is InChI=1S/C35H33F2N7O4S/c36-35(37,24-40-34(45)48-23-25-8-3-1-4-9-25)33-41-30-21-39-32-29(15-19-43(32)49(46,47)28-11-5-2-6-12-28)31(30)44(33)27-13-17-42(18-14-27)22-26-10-7-16-38-20-26/h1-12,15-16,19-21,27H,13-14,17-18,22-24H2,(H,40,45). The van der Waals surface area contributed by atoms with E-state index in [2.05, 4.69) is 25.2 Å². The first-order valence-corrected chi connectivity index (χ1v) is 17.3. The minimum Gasteiger partial charge on any atom is -0.445 e. The zero-order valence-corrected chi connectivity index (χ0v) is 27.1. The van der Waals surface area contributed by atoms with Gasteiger partial charge >= 0.3 is 12.0 Å². The number of aromatic nitrogens is 5. The van der Waals surface area contributed by atoms with Gasteiger partial charge in [-0.3, -0.25) is 9.88 Å². The fraction of sp³-hybridized carbons (Fsp3) is 0.257. The molecule has 0 unspecified atom stereocenters. The van der Waals surface area contributed by atoms with Crippen molar-refractivity contribution in [3.05, 3.63) is 121 Å². The number of likely N-dealkylation sites (tertiary alicyclic amines) is 1. The Morgan fingerprint density at radius 3 is 2.37 bits per heavy atom. The van der Waals surface area contributed by atoms with E-state index in [-0.39, 0.29) is 28.7 Å². The summed E-state index contributed by atoms with van der Waals surface area (Å²) in [6, 6.07) is 21.9. The van der Waals surface area contributed by atoms with Crippen LogP contribution in [0, 0.1) is 0 Å². The highest BCUT2D eigenvalue weighted by Gasteiger charge is 2.41. The molecule has 0 aliphatic carbocycles. The number of pyridine rings is 2. The summed E-state index contributed by atoms with van der Waals surface area (Å²) in [5, 5.41) is 2.58. The fourth-order valence-electron chi connectivity index (χ4n) is 6.28. The Balaban J connectivity index is 1.23. The van der Waals surface area contributed by atoms with Crippen molar-refractivity contribution in [2.24, 2.45) is 0 Å². The van der Waals surface area contributed by atoms with Crippen LogP contribution < -0.4 is 5.32 Å². The predicted octanol–water partition coefficient (Wildman–Crippen LogP) is 5.87. The molecule has 0 atom stereocenters. The van der Waals surface area contributed by atoms with Gasteiger partial charge in [0.25, 0.3) is 10.0 Å². The second-order valence-electron chi connectivity index (χ2n) is 12.0. The minimum absolute atomic E-state index is 0.0685. The second-order valence-corrected chi connectivity index (χ2v) is 13.8. The van der Waals surface area contributed by atoms with Crippen molar-refractivity contribution in [1.29, 1.82) is 0 Å². The van der Waals surface area contributed by atoms with Crippen molar-refractivity contribution < 1.29 is 26.7 Å². The van der Waals surface area contributed by atoms with E-state index in [0.29, 0.717) is 43.4 Å². The zero-order chi connectivity index (χ0) is 34.0. The van der Waals surface area contributed by atoms with E-state index in [9.17, 15) is 13.2 Å². The van der Waals surface area contributed by atoms with Crippen molar-refractivity contribution in [2.45, 2.75) is 42.9 Å². The lowest BCUT2D eigenvalue weighted by molar-refractivity contribution is -0.0178. The molecule has 6 aromatic rings. The average molecular weight is 686 g/mol. The first-order chi connectivity index (χ1) is 23.7. The van der Waals surface area contributed by atoms with Gasteiger partial charge in [0.2, 0.25) is 0 Å². The molecule has 14 heteroatoms. The fourth-order valence-corrected chi connectivity index (χ4v) is 7.61. The van der Waals surface area contributed by atoms with E-state index >= 15 is 8.78 Å². The molecule has 0 bridgehead atoms. The SMILES string of the molecule is O=C(NCC(F)(F)c1nc2cnc3c(ccn3S(=O)(=O)c3ccccc3)c2n1C1CCN(Cc2cccnc2)CC1)OCc1ccccc1. The zero-order valence-electron chi connectivity index (χ0n) is 26.3. The molecule has 1 aliphatic heterocycles. The molecule has 1 N–H and O–H groups in total. The van der Waals surface area contributed by atoms with Crippen molar-refractivity contribution in [3.63, 3.8) is 0 Å². The van der Waals surface area contributed by atoms with E-state index in [4.69, 9.17) is 4.74 Å². The molecule has 0 saturated carbocycles. The number of piperidine rings is 1. The number of amides is 1. The molecule has 0 radical (unpaired) electrons. The highest BCUT2D eigenvalue weighted by Crippen LogP contribution is 2.39. The Kier molecular flexibility index (Phi) is 8.82. The van der Waals surface area contributed by atoms with Gasteiger partial charge in [0.15, 0.2) is 11.5 Å². The Morgan fingerprint density at radius 1 is 0.939 bits per heavy atom. The number of nitrogens with one attached hydrogen (secondary N) is 1. The number of carbonyl (C=O) groups is 1. The van der Waals surface area contributed by atoms with Crippen LogP contribution >= 0.6 is 0 Å². The predicted molar refractivity (Wildman–Crippen MR) is 178 cm³/mol. The van der Waals surface area contributed by atoms with Crippen LogP contribution in [-0.2, 0) is 33.8 Å². The average Bonchev–Trinajstić information content (AvgIpc) is 3.75. The van der Waals surface area contributed by atoms with Crippen LogP contribution in [-0.4, -0.2) is 62.5 Å². The molecule has 1 aliphatic rings. The summed E-state index contributed by atoms with van der Waals surface area (Å²) in [7, 11) is -4.03. The molecule has 1 amide bonds. The van der Waals surface area contributed by atoms with Crippen LogP contribution in [0.4, 0.5) is 13.6 Å². The number of hydrogen-bond acceptors (Lipinski definition) is 8. The smallest absolute Gasteiger partial charge is 0.407 e. The van der Waals surface area contributed by atoms with Crippen LogP contribution in [0.5, 0.6) is 0 Å². The van der Waals surface area contributed by atoms with Crippen molar-refractivity contribution in [1.82, 2.24) is 33.7 Å². The molecule has 7 rings (SSSR count). The molecule has 49 heavy (non-hydrogen) atoms. The molecule has 252 valence electrons. The number of hydrogen-bond donors (Lipinski definition) is 1. The highest BCUT2D eigenvalue weighted by molar-refractivity contribution is 7.90. The summed E-state index contributed by atoms with van der Waals surface area (Å²) in [4.78, 5) is 27.7. The topological polar surface area (TPSA) is 124 Å². The Hall–Kier alpha value is -5.21. The number of benzene rings is 2. The third-order valence-electron chi connectivity index (χ3n) is 8.67. The summed E-state index contributed by atoms with van der Waals surface area (Å²) < 4.78 is 67.4. The molecule has 5 heterocycles. The number of ether oxygens (including phenoxy) is 1. The summed E-state index contributed by atoms with van der Waals surface area (Å²) in [5.74, 6) is -4.15. The number of alkyl halides is 2. The van der Waals surface area contributed by atoms with Gasteiger partial charge in [0.1, 0.15) is 12.1 Å². The van der Waals surface area contributed by atoms with Crippen LogP contribution in [0.15, 0.2) is 109 Å². The number of rotatable bonds is 10. The maximum Gasteiger partial charge on any atom is 0.407 e. The number of imidazole rings is 1. The van der Waals surface area contributed by atoms with E-state index in [1.165, 1.54) is 29.1 Å². The molecular formula is C35H33F2N7O4S. The van der Waals surface area contributed by atoms with Gasteiger partial charge < -0.3 is 14.6 Å². The summed E-state index contributed by atoms with van der Waals surface area (Å²) in [6.45, 7) is 0.820. The van der Waals surface area contributed by atoms with Gasteiger partial charge in [-0.05, 0) is 48.2 Å². The molecule has 1 saturated heterocycles. The monoisotopic (exact) mass is 685 g/mol. The van der Waals surface area contributed by atoms with Crippen molar-refractivity contribution in [3.8, 4) is 0 Å². The van der Waals surface area contributed by atoms with E-state index in [1.54, 1.807) is 54.7 Å². The van der Waals surface area contributed by atoms with E-state index < -0.39 is 34.4 Å². The number of nitrogens with zero attached hydrogens (tertiary/aromatic N) is 6. The summed E-state index contributed by atoms with van der Waals surface area (Å²) in [5.41, 5.74) is 2.43. The minimum atomic E-state index is -4.03. The summed E-state index contributed by atoms with van der Waals surface area (Å²) in [6.07, 6.45) is 6.32. The molecular weight excluding hydrogens is 652 g/mol. The van der Waals surface area contributed by atoms with Crippen molar-refractivity contribution >= 4 is 38.2 Å². The number of alkyl carbamates (subject to hydrolysis) is 1. The van der Waals surface area contributed by atoms with Gasteiger partial charge in [-0.15, -0.1) is 0 Å². The lowest BCUT2D eigenvalue weighted by Crippen LogP contribution is -2.39. The Labute approximate surface area is 281 Å². The highest BCUT2D eigenvalue weighted by atomic mass is 32.2. The number of carbonyl (C=O) groups excluding carboxylic acids is 1. The third-order valence-corrected chi connectivity index (χ3v) is 10.4. The van der Waals surface area contributed by atoms with Crippen LogP contribution in [0.1, 0.15) is 35.8 Å². The van der Waals surface area contributed by atoms with Gasteiger partial charge in [-0.1, -0.05) is 54.6 Å². The molecule has 11 nitrogen and oxygen atoms in total. The Bertz CT molecular complexity index is 2190. The van der Waals surface area contributed by atoms with Gasteiger partial charge in [0, 0.05) is 49.7 Å². The van der Waals surface area contributed by atoms with E-state index in [1.807, 2.05) is 24.4 Å². The van der Waals surface area contributed by atoms with Gasteiger partial charge in [-0.25, -0.2) is 27.2 Å². The first-order valence-electron chi connectivity index (χ1n) is 15.8. The largest absolute Gasteiger partial charge is 0.445 e. The third kappa shape index (κ3) is 6.61. The quantitative estimate of drug-likeness (QED) is 0.190. The summed E-state index contributed by atoms with van der Waals surface area (Å²) >= 11 is 0. The maximum atomic E-state index is 16.2. The molecule has 4 aromatic heterocycles. The molecule has 0 spiro atoms. The number of halogens is 2. The van der Waals surface area contributed by atoms with Crippen LogP contribution in [0.25, 0.3) is 22.1 Å². The molecule has 2 aromatic carbocycles. The maximum absolute atomic E-state index is 16.2. The second kappa shape index (κ2) is 13.4. The van der Waals surface area contributed by atoms with Crippen molar-refractivity contribution in [2.75, 3.05) is 19.6 Å². The lowest BCUT2D eigenvalue weighted by atomic mass is 10.0. The Morgan fingerprint density at radius 2 is 1.65 bits per heavy atom. The van der Waals surface area contributed by atoms with E-state index in [0.717, 1.165) is 15.1 Å². The normalized spacial score (nSPS) is 14.7.